The predicted octanol–water partition coefficient (Wildman–Crippen LogP) is 6.23. The van der Waals surface area contributed by atoms with Gasteiger partial charge in [0.05, 0.1) is 11.1 Å². The minimum atomic E-state index is -0.166. The summed E-state index contributed by atoms with van der Waals surface area (Å²) in [6.45, 7) is 0. The van der Waals surface area contributed by atoms with Gasteiger partial charge in [-0.25, -0.2) is 0 Å². The smallest absolute Gasteiger partial charge is 0.196 e. The Hall–Kier alpha value is -2.68. The Balaban J connectivity index is 2.05. The summed E-state index contributed by atoms with van der Waals surface area (Å²) >= 11 is 6.84. The third-order valence-corrected chi connectivity index (χ3v) is 5.47. The molecule has 2 heterocycles. The Labute approximate surface area is 173 Å². The van der Waals surface area contributed by atoms with Gasteiger partial charge in [0.25, 0.3) is 0 Å². The van der Waals surface area contributed by atoms with E-state index in [4.69, 9.17) is 0 Å². The van der Waals surface area contributed by atoms with E-state index in [2.05, 4.69) is 37.9 Å². The van der Waals surface area contributed by atoms with E-state index in [0.29, 0.717) is 16.8 Å². The number of hydrogen-bond donors (Lipinski definition) is 0. The number of hydrogen-bond acceptors (Lipinski definition) is 2. The van der Waals surface area contributed by atoms with E-state index < -0.39 is 0 Å². The molecule has 0 unspecified atom stereocenters. The average Bonchev–Trinajstić information content (AvgIpc) is 3.03. The fourth-order valence-corrected chi connectivity index (χ4v) is 3.72. The molecule has 0 aliphatic rings. The number of rotatable bonds is 3. The van der Waals surface area contributed by atoms with Crippen LogP contribution in [0, 0.1) is 11.3 Å². The molecule has 27 heavy (non-hydrogen) atoms. The number of halogens is 2. The summed E-state index contributed by atoms with van der Waals surface area (Å²) in [7, 11) is 0. The fraction of sp³-hybridized carbons (Fsp3) is 0. The molecule has 0 aliphatic carbocycles. The summed E-state index contributed by atoms with van der Waals surface area (Å²) < 4.78 is 3.63. The van der Waals surface area contributed by atoms with Crippen LogP contribution in [0.5, 0.6) is 0 Å². The maximum Gasteiger partial charge on any atom is 0.196 e. The lowest BCUT2D eigenvalue weighted by Crippen LogP contribution is -2.04. The van der Waals surface area contributed by atoms with E-state index >= 15 is 0 Å². The maximum absolute atomic E-state index is 13.4. The van der Waals surface area contributed by atoms with E-state index in [1.54, 1.807) is 16.5 Å². The molecule has 0 N–H and O–H groups in total. The second kappa shape index (κ2) is 7.15. The molecule has 0 amide bonds. The Kier molecular flexibility index (Phi) is 4.69. The molecule has 0 saturated heterocycles. The van der Waals surface area contributed by atoms with Crippen molar-refractivity contribution in [2.24, 2.45) is 0 Å². The Bertz CT molecular complexity index is 1200. The molecule has 0 fully saturated rings. The molecule has 5 heteroatoms. The first-order chi connectivity index (χ1) is 13.1. The van der Waals surface area contributed by atoms with Crippen molar-refractivity contribution in [2.45, 2.75) is 0 Å². The normalized spacial score (nSPS) is 10.7. The van der Waals surface area contributed by atoms with Crippen LogP contribution in [0.25, 0.3) is 16.6 Å². The highest BCUT2D eigenvalue weighted by Gasteiger charge is 2.25. The molecule has 0 spiro atoms. The first-order valence-corrected chi connectivity index (χ1v) is 9.78. The van der Waals surface area contributed by atoms with Crippen LogP contribution in [0.3, 0.4) is 0 Å². The van der Waals surface area contributed by atoms with Gasteiger partial charge in [0.1, 0.15) is 11.8 Å². The summed E-state index contributed by atoms with van der Waals surface area (Å²) in [5.74, 6) is -0.166. The molecule has 130 valence electrons. The molecule has 0 radical (unpaired) electrons. The molecule has 0 aliphatic heterocycles. The molecule has 0 saturated carbocycles. The third-order valence-electron chi connectivity index (χ3n) is 4.42. The van der Waals surface area contributed by atoms with Gasteiger partial charge in [-0.05, 0) is 54.1 Å². The van der Waals surface area contributed by atoms with Crippen molar-refractivity contribution in [3.8, 4) is 17.2 Å². The van der Waals surface area contributed by atoms with E-state index in [9.17, 15) is 10.1 Å². The van der Waals surface area contributed by atoms with Crippen LogP contribution in [0.4, 0.5) is 0 Å². The zero-order chi connectivity index (χ0) is 19.0. The second-order valence-electron chi connectivity index (χ2n) is 6.01. The van der Waals surface area contributed by atoms with Gasteiger partial charge in [0.2, 0.25) is 0 Å². The molecule has 3 nitrogen and oxygen atoms in total. The van der Waals surface area contributed by atoms with Crippen LogP contribution < -0.4 is 0 Å². The highest BCUT2D eigenvalue weighted by Crippen LogP contribution is 2.35. The Morgan fingerprint density at radius 1 is 0.889 bits per heavy atom. The van der Waals surface area contributed by atoms with Gasteiger partial charge >= 0.3 is 0 Å². The fourth-order valence-electron chi connectivity index (χ4n) is 3.19. The predicted molar refractivity (Wildman–Crippen MR) is 113 cm³/mol. The van der Waals surface area contributed by atoms with Gasteiger partial charge in [-0.3, -0.25) is 4.79 Å². The molecule has 4 aromatic rings. The lowest BCUT2D eigenvalue weighted by Gasteiger charge is -2.06. The van der Waals surface area contributed by atoms with Crippen molar-refractivity contribution < 1.29 is 4.79 Å². The van der Waals surface area contributed by atoms with E-state index in [0.717, 1.165) is 25.6 Å². The van der Waals surface area contributed by atoms with Crippen LogP contribution in [0.1, 0.15) is 21.6 Å². The molecule has 0 bridgehead atoms. The standard InChI is InChI=1S/C22H12Br2N2O/c23-16-8-4-14(5-9-16)20-18-3-1-2-12-26(18)19(13-25)21(20)22(27)15-6-10-17(24)11-7-15/h1-12H. The number of aromatic nitrogens is 1. The SMILES string of the molecule is N#Cc1c(C(=O)c2ccc(Br)cc2)c(-c2ccc(Br)cc2)c2ccccn12. The second-order valence-corrected chi connectivity index (χ2v) is 7.84. The molecule has 2 aromatic carbocycles. The Morgan fingerprint density at radius 2 is 1.52 bits per heavy atom. The van der Waals surface area contributed by atoms with Gasteiger partial charge in [0.15, 0.2) is 5.78 Å². The summed E-state index contributed by atoms with van der Waals surface area (Å²) in [6, 6.07) is 22.9. The molecular weight excluding hydrogens is 468 g/mol. The number of fused-ring (bicyclic) bond motifs is 1. The van der Waals surface area contributed by atoms with E-state index in [1.165, 1.54) is 0 Å². The minimum Gasteiger partial charge on any atom is -0.307 e. The molecule has 4 rings (SSSR count). The van der Waals surface area contributed by atoms with Gasteiger partial charge in [-0.1, -0.05) is 50.1 Å². The monoisotopic (exact) mass is 478 g/mol. The number of carbonyl (C=O) groups excluding carboxylic acids is 1. The van der Waals surface area contributed by atoms with Crippen LogP contribution >= 0.6 is 31.9 Å². The molecule has 0 atom stereocenters. The van der Waals surface area contributed by atoms with E-state index in [-0.39, 0.29) is 5.78 Å². The van der Waals surface area contributed by atoms with Crippen molar-refractivity contribution >= 4 is 43.2 Å². The van der Waals surface area contributed by atoms with Crippen molar-refractivity contribution in [3.63, 3.8) is 0 Å². The summed E-state index contributed by atoms with van der Waals surface area (Å²) in [5.41, 5.74) is 3.81. The van der Waals surface area contributed by atoms with Crippen molar-refractivity contribution in [1.82, 2.24) is 4.40 Å². The summed E-state index contributed by atoms with van der Waals surface area (Å²) in [5, 5.41) is 9.82. The first-order valence-electron chi connectivity index (χ1n) is 8.19. The maximum atomic E-state index is 13.4. The van der Waals surface area contributed by atoms with Crippen molar-refractivity contribution in [1.29, 1.82) is 5.26 Å². The number of pyridine rings is 1. The van der Waals surface area contributed by atoms with E-state index in [1.807, 2.05) is 60.8 Å². The molecule has 2 aromatic heterocycles. The van der Waals surface area contributed by atoms with Gasteiger partial charge in [0, 0.05) is 26.3 Å². The lowest BCUT2D eigenvalue weighted by molar-refractivity contribution is 0.103. The summed E-state index contributed by atoms with van der Waals surface area (Å²) in [4.78, 5) is 13.4. The minimum absolute atomic E-state index is 0.166. The highest BCUT2D eigenvalue weighted by atomic mass is 79.9. The number of nitriles is 1. The van der Waals surface area contributed by atoms with Crippen molar-refractivity contribution in [2.75, 3.05) is 0 Å². The van der Waals surface area contributed by atoms with Gasteiger partial charge < -0.3 is 4.40 Å². The lowest BCUT2D eigenvalue weighted by atomic mass is 9.95. The largest absolute Gasteiger partial charge is 0.307 e. The number of nitrogens with zero attached hydrogens (tertiary/aromatic N) is 2. The van der Waals surface area contributed by atoms with Crippen LogP contribution in [-0.2, 0) is 0 Å². The molecular formula is C22H12Br2N2O. The number of ketones is 1. The average molecular weight is 480 g/mol. The highest BCUT2D eigenvalue weighted by molar-refractivity contribution is 9.10. The number of benzene rings is 2. The Morgan fingerprint density at radius 3 is 2.15 bits per heavy atom. The zero-order valence-electron chi connectivity index (χ0n) is 14.0. The number of carbonyl (C=O) groups is 1. The first kappa shape index (κ1) is 17.7. The van der Waals surface area contributed by atoms with Crippen LogP contribution in [-0.4, -0.2) is 10.2 Å². The zero-order valence-corrected chi connectivity index (χ0v) is 17.2. The van der Waals surface area contributed by atoms with Crippen LogP contribution in [0.15, 0.2) is 81.9 Å². The van der Waals surface area contributed by atoms with Gasteiger partial charge in [-0.15, -0.1) is 0 Å². The quantitative estimate of drug-likeness (QED) is 0.327. The third kappa shape index (κ3) is 3.12. The van der Waals surface area contributed by atoms with Gasteiger partial charge in [-0.2, -0.15) is 5.26 Å². The van der Waals surface area contributed by atoms with Crippen LogP contribution in [0.2, 0.25) is 0 Å². The topological polar surface area (TPSA) is 45.3 Å². The summed E-state index contributed by atoms with van der Waals surface area (Å²) in [6.07, 6.45) is 1.81. The van der Waals surface area contributed by atoms with Crippen molar-refractivity contribution in [3.05, 3.63) is 98.7 Å².